The average Bonchev–Trinajstić information content (AvgIpc) is 3.01. The molecule has 118 valence electrons. The highest BCUT2D eigenvalue weighted by molar-refractivity contribution is 7.18. The average molecular weight is 312 g/mol. The van der Waals surface area contributed by atoms with E-state index in [0.29, 0.717) is 28.4 Å². The highest BCUT2D eigenvalue weighted by Crippen LogP contribution is 2.28. The molecule has 0 aliphatic carbocycles. The van der Waals surface area contributed by atoms with Crippen LogP contribution in [-0.4, -0.2) is 48.1 Å². The fraction of sp³-hybridized carbons (Fsp3) is 0.714. The van der Waals surface area contributed by atoms with Crippen LogP contribution >= 0.6 is 11.3 Å². The Bertz CT molecular complexity index is 503. The monoisotopic (exact) mass is 312 g/mol. The standard InChI is InChI=1S/C14H24N4O2S/c1-8(2)7-16-14-17-12(15)11(21-14)13(19)18(4)10-5-6-20-9(10)3/h8-10H,5-7,15H2,1-4H3,(H,16,17). The second-order valence-corrected chi connectivity index (χ2v) is 6.86. The summed E-state index contributed by atoms with van der Waals surface area (Å²) < 4.78 is 5.52. The number of rotatable bonds is 5. The first-order valence-electron chi connectivity index (χ1n) is 7.29. The molecule has 0 bridgehead atoms. The van der Waals surface area contributed by atoms with Crippen LogP contribution in [0.1, 0.15) is 36.9 Å². The third-order valence-electron chi connectivity index (χ3n) is 3.66. The number of hydrogen-bond donors (Lipinski definition) is 2. The molecule has 1 aromatic heterocycles. The van der Waals surface area contributed by atoms with E-state index < -0.39 is 0 Å². The minimum absolute atomic E-state index is 0.0617. The van der Waals surface area contributed by atoms with Gasteiger partial charge < -0.3 is 20.7 Å². The number of nitrogens with two attached hydrogens (primary N) is 1. The summed E-state index contributed by atoms with van der Waals surface area (Å²) in [6.07, 6.45) is 0.923. The molecule has 1 aliphatic rings. The van der Waals surface area contributed by atoms with Gasteiger partial charge in [-0.2, -0.15) is 0 Å². The van der Waals surface area contributed by atoms with E-state index in [1.807, 2.05) is 6.92 Å². The van der Waals surface area contributed by atoms with Crippen molar-refractivity contribution in [3.63, 3.8) is 0 Å². The number of amides is 1. The van der Waals surface area contributed by atoms with Gasteiger partial charge in [0.15, 0.2) is 5.13 Å². The molecule has 2 heterocycles. The summed E-state index contributed by atoms with van der Waals surface area (Å²) in [5.41, 5.74) is 5.90. The third kappa shape index (κ3) is 3.65. The minimum Gasteiger partial charge on any atom is -0.382 e. The van der Waals surface area contributed by atoms with Gasteiger partial charge in [-0.15, -0.1) is 0 Å². The first kappa shape index (κ1) is 16.0. The van der Waals surface area contributed by atoms with Crippen LogP contribution in [0.3, 0.4) is 0 Å². The molecule has 1 aliphatic heterocycles. The smallest absolute Gasteiger partial charge is 0.267 e. The lowest BCUT2D eigenvalue weighted by Crippen LogP contribution is -2.40. The number of likely N-dealkylation sites (N-methyl/N-ethyl adjacent to an activating group) is 1. The maximum absolute atomic E-state index is 12.6. The molecule has 2 atom stereocenters. The molecule has 1 amide bonds. The van der Waals surface area contributed by atoms with E-state index in [4.69, 9.17) is 10.5 Å². The fourth-order valence-electron chi connectivity index (χ4n) is 2.39. The van der Waals surface area contributed by atoms with Crippen molar-refractivity contribution >= 4 is 28.2 Å². The van der Waals surface area contributed by atoms with Gasteiger partial charge in [-0.05, 0) is 19.3 Å². The Labute approximate surface area is 129 Å². The van der Waals surface area contributed by atoms with Gasteiger partial charge in [0.2, 0.25) is 0 Å². The molecular formula is C14H24N4O2S. The molecule has 6 nitrogen and oxygen atoms in total. The first-order chi connectivity index (χ1) is 9.90. The number of anilines is 2. The summed E-state index contributed by atoms with van der Waals surface area (Å²) in [7, 11) is 1.80. The molecule has 21 heavy (non-hydrogen) atoms. The van der Waals surface area contributed by atoms with Crippen molar-refractivity contribution in [1.82, 2.24) is 9.88 Å². The van der Waals surface area contributed by atoms with Crippen LogP contribution in [0.5, 0.6) is 0 Å². The molecular weight excluding hydrogens is 288 g/mol. The van der Waals surface area contributed by atoms with Crippen LogP contribution in [0.2, 0.25) is 0 Å². The van der Waals surface area contributed by atoms with Crippen LogP contribution in [-0.2, 0) is 4.74 Å². The quantitative estimate of drug-likeness (QED) is 0.869. The van der Waals surface area contributed by atoms with Gasteiger partial charge >= 0.3 is 0 Å². The number of thiazole rings is 1. The van der Waals surface area contributed by atoms with Gasteiger partial charge in [0.1, 0.15) is 10.7 Å². The van der Waals surface area contributed by atoms with Gasteiger partial charge in [0, 0.05) is 20.2 Å². The molecule has 7 heteroatoms. The highest BCUT2D eigenvalue weighted by atomic mass is 32.1. The van der Waals surface area contributed by atoms with Crippen molar-refractivity contribution in [2.24, 2.45) is 5.92 Å². The Hall–Kier alpha value is -1.34. The summed E-state index contributed by atoms with van der Waals surface area (Å²) in [6, 6.07) is 0.103. The zero-order valence-corrected chi connectivity index (χ0v) is 13.9. The molecule has 1 saturated heterocycles. The lowest BCUT2D eigenvalue weighted by atomic mass is 10.1. The van der Waals surface area contributed by atoms with Crippen molar-refractivity contribution in [3.8, 4) is 0 Å². The number of carbonyl (C=O) groups is 1. The third-order valence-corrected chi connectivity index (χ3v) is 4.68. The van der Waals surface area contributed by atoms with Crippen molar-refractivity contribution in [2.45, 2.75) is 39.3 Å². The topological polar surface area (TPSA) is 80.5 Å². The maximum Gasteiger partial charge on any atom is 0.267 e. The van der Waals surface area contributed by atoms with Crippen LogP contribution < -0.4 is 11.1 Å². The lowest BCUT2D eigenvalue weighted by molar-refractivity contribution is 0.0579. The Kier molecular flexibility index (Phi) is 5.05. The molecule has 0 radical (unpaired) electrons. The number of hydrogen-bond acceptors (Lipinski definition) is 6. The van der Waals surface area contributed by atoms with Crippen LogP contribution in [0.15, 0.2) is 0 Å². The Morgan fingerprint density at radius 2 is 2.33 bits per heavy atom. The van der Waals surface area contributed by atoms with Gasteiger partial charge in [0.05, 0.1) is 12.1 Å². The fourth-order valence-corrected chi connectivity index (χ4v) is 3.27. The second kappa shape index (κ2) is 6.62. The second-order valence-electron chi connectivity index (χ2n) is 5.86. The van der Waals surface area contributed by atoms with Crippen molar-refractivity contribution in [1.29, 1.82) is 0 Å². The Morgan fingerprint density at radius 1 is 1.62 bits per heavy atom. The van der Waals surface area contributed by atoms with Crippen LogP contribution in [0.4, 0.5) is 10.9 Å². The summed E-state index contributed by atoms with van der Waals surface area (Å²) in [5, 5.41) is 3.91. The lowest BCUT2D eigenvalue weighted by Gasteiger charge is -2.26. The number of aromatic nitrogens is 1. The maximum atomic E-state index is 12.6. The molecule has 0 spiro atoms. The van der Waals surface area contributed by atoms with Gasteiger partial charge in [0.25, 0.3) is 5.91 Å². The van der Waals surface area contributed by atoms with Gasteiger partial charge in [-0.25, -0.2) is 4.98 Å². The van der Waals surface area contributed by atoms with Crippen LogP contribution in [0, 0.1) is 5.92 Å². The predicted molar refractivity (Wildman–Crippen MR) is 85.8 cm³/mol. The van der Waals surface area contributed by atoms with E-state index in [0.717, 1.165) is 13.0 Å². The SMILES string of the molecule is CC(C)CNc1nc(N)c(C(=O)N(C)C2CCOC2C)s1. The summed E-state index contributed by atoms with van der Waals surface area (Å²) >= 11 is 1.32. The molecule has 1 fully saturated rings. The zero-order valence-electron chi connectivity index (χ0n) is 13.0. The van der Waals surface area contributed by atoms with E-state index in [1.165, 1.54) is 11.3 Å². The number of nitrogen functional groups attached to an aromatic ring is 1. The van der Waals surface area contributed by atoms with Gasteiger partial charge in [-0.1, -0.05) is 25.2 Å². The number of carbonyl (C=O) groups excluding carboxylic acids is 1. The highest BCUT2D eigenvalue weighted by Gasteiger charge is 2.32. The predicted octanol–water partition coefficient (Wildman–Crippen LogP) is 2.04. The first-order valence-corrected chi connectivity index (χ1v) is 8.10. The number of nitrogens with one attached hydrogen (secondary N) is 1. The summed E-state index contributed by atoms with van der Waals surface area (Å²) in [6.45, 7) is 7.73. The van der Waals surface area contributed by atoms with E-state index in [9.17, 15) is 4.79 Å². The van der Waals surface area contributed by atoms with E-state index in [1.54, 1.807) is 11.9 Å². The number of nitrogens with zero attached hydrogens (tertiary/aromatic N) is 2. The van der Waals surface area contributed by atoms with E-state index in [2.05, 4.69) is 24.1 Å². The number of ether oxygens (including phenoxy) is 1. The van der Waals surface area contributed by atoms with Gasteiger partial charge in [-0.3, -0.25) is 4.79 Å². The largest absolute Gasteiger partial charge is 0.382 e. The minimum atomic E-state index is -0.0788. The molecule has 0 aromatic carbocycles. The molecule has 2 unspecified atom stereocenters. The van der Waals surface area contributed by atoms with E-state index >= 15 is 0 Å². The van der Waals surface area contributed by atoms with E-state index in [-0.39, 0.29) is 18.1 Å². The molecule has 0 saturated carbocycles. The van der Waals surface area contributed by atoms with Crippen molar-refractivity contribution in [2.75, 3.05) is 31.2 Å². The molecule has 1 aromatic rings. The van der Waals surface area contributed by atoms with Crippen molar-refractivity contribution < 1.29 is 9.53 Å². The normalized spacial score (nSPS) is 21.8. The molecule has 3 N–H and O–H groups in total. The van der Waals surface area contributed by atoms with Crippen molar-refractivity contribution in [3.05, 3.63) is 4.88 Å². The summed E-state index contributed by atoms with van der Waals surface area (Å²) in [4.78, 5) is 19.1. The Balaban J connectivity index is 2.08. The zero-order chi connectivity index (χ0) is 15.6. The molecule has 2 rings (SSSR count). The Morgan fingerprint density at radius 3 is 2.90 bits per heavy atom. The summed E-state index contributed by atoms with van der Waals surface area (Å²) in [5.74, 6) is 0.730. The van der Waals surface area contributed by atoms with Crippen LogP contribution in [0.25, 0.3) is 0 Å².